The molecule has 1 saturated heterocycles. The van der Waals surface area contributed by atoms with Gasteiger partial charge in [0.05, 0.1) is 17.6 Å². The van der Waals surface area contributed by atoms with Crippen molar-refractivity contribution in [3.63, 3.8) is 0 Å². The van der Waals surface area contributed by atoms with Crippen LogP contribution in [-0.4, -0.2) is 39.8 Å². The summed E-state index contributed by atoms with van der Waals surface area (Å²) in [7, 11) is 0. The van der Waals surface area contributed by atoms with Gasteiger partial charge in [-0.05, 0) is 55.6 Å². The first-order valence-corrected chi connectivity index (χ1v) is 11.6. The third kappa shape index (κ3) is 3.92. The second-order valence-electron chi connectivity index (χ2n) is 9.58. The smallest absolute Gasteiger partial charge is 0.250 e. The maximum absolute atomic E-state index is 12.8. The normalized spacial score (nSPS) is 24.8. The molecule has 3 N–H and O–H groups in total. The summed E-state index contributed by atoms with van der Waals surface area (Å²) < 4.78 is 7.71. The molecule has 170 valence electrons. The first-order chi connectivity index (χ1) is 16.0. The fraction of sp³-hybridized carbons (Fsp3) is 0.458. The highest BCUT2D eigenvalue weighted by Gasteiger charge is 2.53. The van der Waals surface area contributed by atoms with Crippen molar-refractivity contribution < 1.29 is 14.3 Å². The van der Waals surface area contributed by atoms with Crippen molar-refractivity contribution in [3.8, 4) is 0 Å². The van der Waals surface area contributed by atoms with Gasteiger partial charge in [-0.25, -0.2) is 4.98 Å². The quantitative estimate of drug-likeness (QED) is 0.366. The summed E-state index contributed by atoms with van der Waals surface area (Å²) in [5.74, 6) is 1.43. The van der Waals surface area contributed by atoms with E-state index in [9.17, 15) is 9.59 Å². The highest BCUT2D eigenvalue weighted by molar-refractivity contribution is 6.03. The van der Waals surface area contributed by atoms with E-state index in [1.54, 1.807) is 0 Å². The molecule has 3 saturated carbocycles. The van der Waals surface area contributed by atoms with Crippen molar-refractivity contribution in [2.75, 3.05) is 11.4 Å². The van der Waals surface area contributed by atoms with Crippen molar-refractivity contribution >= 4 is 35.2 Å². The van der Waals surface area contributed by atoms with Crippen LogP contribution in [0.5, 0.6) is 0 Å². The average molecular weight is 447 g/mol. The molecule has 9 nitrogen and oxygen atoms in total. The standard InChI is InChI=1S/C24H26N6O3/c25-8-18(7-21(26)28-23(31)14-3-4-14)33-12-17-11-29-9-15(13-1-2-13)6-20(22(29)27-17)30-10-16-5-19(16)24(30)32/h6-9,11,13-14,16,19,25H,1-5,10,12H2,(H2,26,28,31)/b18-7+,25-8?. The Morgan fingerprint density at radius 1 is 1.30 bits per heavy atom. The summed E-state index contributed by atoms with van der Waals surface area (Å²) in [5.41, 5.74) is 9.36. The zero-order chi connectivity index (χ0) is 22.7. The number of amidine groups is 1. The number of imidazole rings is 1. The van der Waals surface area contributed by atoms with Crippen molar-refractivity contribution in [1.29, 1.82) is 5.41 Å². The van der Waals surface area contributed by atoms with Gasteiger partial charge in [0, 0.05) is 36.9 Å². The monoisotopic (exact) mass is 446 g/mol. The Hall–Kier alpha value is -3.49. The Kier molecular flexibility index (Phi) is 4.60. The third-order valence-electron chi connectivity index (χ3n) is 6.85. The Balaban J connectivity index is 1.24. The molecular formula is C24H26N6O3. The number of nitrogens with zero attached hydrogens (tertiary/aromatic N) is 4. The van der Waals surface area contributed by atoms with E-state index in [4.69, 9.17) is 20.9 Å². The number of allylic oxidation sites excluding steroid dienone is 1. The van der Waals surface area contributed by atoms with Crippen LogP contribution in [0.2, 0.25) is 0 Å². The third-order valence-corrected chi connectivity index (χ3v) is 6.85. The number of ether oxygens (including phenoxy) is 1. The molecule has 3 heterocycles. The van der Waals surface area contributed by atoms with Gasteiger partial charge in [-0.3, -0.25) is 9.59 Å². The van der Waals surface area contributed by atoms with Crippen molar-refractivity contribution in [2.24, 2.45) is 28.5 Å². The number of aromatic nitrogens is 2. The van der Waals surface area contributed by atoms with Gasteiger partial charge in [-0.15, -0.1) is 0 Å². The van der Waals surface area contributed by atoms with Crippen LogP contribution in [0.3, 0.4) is 0 Å². The number of piperidine rings is 1. The molecule has 0 aromatic carbocycles. The minimum absolute atomic E-state index is 0.0117. The summed E-state index contributed by atoms with van der Waals surface area (Å²) in [5, 5.41) is 7.60. The molecule has 2 aromatic rings. The number of amides is 2. The number of hydrogen-bond acceptors (Lipinski definition) is 5. The topological polar surface area (TPSA) is 126 Å². The van der Waals surface area contributed by atoms with Crippen LogP contribution in [0.15, 0.2) is 35.3 Å². The molecule has 0 spiro atoms. The molecular weight excluding hydrogens is 420 g/mol. The van der Waals surface area contributed by atoms with Crippen LogP contribution in [0, 0.1) is 23.2 Å². The molecule has 9 heteroatoms. The molecule has 6 rings (SSSR count). The van der Waals surface area contributed by atoms with Gasteiger partial charge >= 0.3 is 0 Å². The number of nitrogens with one attached hydrogen (secondary N) is 1. The molecule has 4 fully saturated rings. The van der Waals surface area contributed by atoms with Crippen molar-refractivity contribution in [1.82, 2.24) is 9.38 Å². The highest BCUT2D eigenvalue weighted by Crippen LogP contribution is 2.49. The Bertz CT molecular complexity index is 1240. The molecule has 2 aromatic heterocycles. The zero-order valence-electron chi connectivity index (χ0n) is 18.2. The summed E-state index contributed by atoms with van der Waals surface area (Å²) in [6, 6.07) is 2.13. The lowest BCUT2D eigenvalue weighted by atomic mass is 10.1. The van der Waals surface area contributed by atoms with Gasteiger partial charge in [-0.1, -0.05) is 0 Å². The number of carbonyl (C=O) groups excluding carboxylic acids is 2. The van der Waals surface area contributed by atoms with Gasteiger partial charge in [0.25, 0.3) is 5.91 Å². The van der Waals surface area contributed by atoms with E-state index in [0.29, 0.717) is 17.5 Å². The van der Waals surface area contributed by atoms with E-state index < -0.39 is 0 Å². The Morgan fingerprint density at radius 2 is 2.12 bits per heavy atom. The van der Waals surface area contributed by atoms with Crippen LogP contribution in [-0.2, 0) is 20.9 Å². The summed E-state index contributed by atoms with van der Waals surface area (Å²) in [6.45, 7) is 0.898. The van der Waals surface area contributed by atoms with Gasteiger partial charge in [0.2, 0.25) is 5.91 Å². The molecule has 2 atom stereocenters. The van der Waals surface area contributed by atoms with E-state index >= 15 is 0 Å². The summed E-state index contributed by atoms with van der Waals surface area (Å²) in [4.78, 5) is 35.1. The zero-order valence-corrected chi connectivity index (χ0v) is 18.2. The second-order valence-corrected chi connectivity index (χ2v) is 9.58. The number of pyridine rings is 1. The van der Waals surface area contributed by atoms with E-state index in [2.05, 4.69) is 17.3 Å². The summed E-state index contributed by atoms with van der Waals surface area (Å²) >= 11 is 0. The molecule has 2 unspecified atom stereocenters. The van der Waals surface area contributed by atoms with Crippen molar-refractivity contribution in [3.05, 3.63) is 41.6 Å². The fourth-order valence-corrected chi connectivity index (χ4v) is 4.56. The fourth-order valence-electron chi connectivity index (χ4n) is 4.56. The minimum atomic E-state index is -0.221. The Morgan fingerprint density at radius 3 is 2.79 bits per heavy atom. The first-order valence-electron chi connectivity index (χ1n) is 11.6. The van der Waals surface area contributed by atoms with Crippen LogP contribution >= 0.6 is 0 Å². The molecule has 3 aliphatic carbocycles. The second kappa shape index (κ2) is 7.54. The van der Waals surface area contributed by atoms with E-state index in [0.717, 1.165) is 43.4 Å². The van der Waals surface area contributed by atoms with Crippen LogP contribution < -0.4 is 10.6 Å². The average Bonchev–Trinajstić information content (AvgIpc) is 3.67. The number of fused-ring (bicyclic) bond motifs is 2. The number of rotatable bonds is 8. The lowest BCUT2D eigenvalue weighted by Crippen LogP contribution is -2.28. The molecule has 1 aliphatic heterocycles. The van der Waals surface area contributed by atoms with Gasteiger partial charge in [-0.2, -0.15) is 4.99 Å². The lowest BCUT2D eigenvalue weighted by Gasteiger charge is -2.20. The molecule has 33 heavy (non-hydrogen) atoms. The minimum Gasteiger partial charge on any atom is -0.486 e. The lowest BCUT2D eigenvalue weighted by molar-refractivity contribution is -0.119. The van der Waals surface area contributed by atoms with E-state index in [1.807, 2.05) is 15.5 Å². The SMILES string of the molecule is N=C/C(=C\C(N)=NC(=O)C1CC1)OCc1cn2cc(C3CC3)cc(N3CC4CC4C3=O)c2n1. The van der Waals surface area contributed by atoms with E-state index in [1.165, 1.54) is 24.5 Å². The van der Waals surface area contributed by atoms with Gasteiger partial charge in [0.15, 0.2) is 5.65 Å². The summed E-state index contributed by atoms with van der Waals surface area (Å²) in [6.07, 6.45) is 11.5. The van der Waals surface area contributed by atoms with Gasteiger partial charge < -0.3 is 25.2 Å². The first kappa shape index (κ1) is 20.1. The number of nitrogens with two attached hydrogens (primary N) is 1. The van der Waals surface area contributed by atoms with Crippen LogP contribution in [0.4, 0.5) is 5.69 Å². The molecule has 0 bridgehead atoms. The molecule has 2 amide bonds. The number of hydrogen-bond donors (Lipinski definition) is 2. The predicted molar refractivity (Wildman–Crippen MR) is 122 cm³/mol. The Labute approximate surface area is 190 Å². The predicted octanol–water partition coefficient (Wildman–Crippen LogP) is 2.54. The van der Waals surface area contributed by atoms with Gasteiger partial charge in [0.1, 0.15) is 18.2 Å². The van der Waals surface area contributed by atoms with E-state index in [-0.39, 0.29) is 41.9 Å². The molecule has 4 aliphatic rings. The van der Waals surface area contributed by atoms with Crippen LogP contribution in [0.25, 0.3) is 5.65 Å². The maximum Gasteiger partial charge on any atom is 0.250 e. The van der Waals surface area contributed by atoms with Crippen LogP contribution in [0.1, 0.15) is 49.3 Å². The van der Waals surface area contributed by atoms with Crippen molar-refractivity contribution in [2.45, 2.75) is 44.6 Å². The maximum atomic E-state index is 12.8. The number of aliphatic imine (C=N–C) groups is 1. The highest BCUT2D eigenvalue weighted by atomic mass is 16.5. The number of carbonyl (C=O) groups is 2. The molecule has 0 radical (unpaired) electrons. The largest absolute Gasteiger partial charge is 0.486 e. The number of anilines is 1.